The standard InChI is InChI=1S/C26H26FN3O4/c1-19(31)28-12-14-29(15-13-28)25(32)17-20-6-10-23(11-7-20)30(26(33)24-3-2-16-34-24)18-21-4-8-22(27)9-5-21/h2-11,16H,12-15,17-18H2,1H3. The van der Waals surface area contributed by atoms with Gasteiger partial charge in [-0.3, -0.25) is 14.4 Å². The Balaban J connectivity index is 1.46. The highest BCUT2D eigenvalue weighted by Crippen LogP contribution is 2.22. The van der Waals surface area contributed by atoms with Crippen molar-refractivity contribution in [2.24, 2.45) is 0 Å². The maximum Gasteiger partial charge on any atom is 0.294 e. The van der Waals surface area contributed by atoms with Gasteiger partial charge < -0.3 is 19.1 Å². The molecule has 34 heavy (non-hydrogen) atoms. The minimum absolute atomic E-state index is 0.00535. The van der Waals surface area contributed by atoms with Gasteiger partial charge in [-0.15, -0.1) is 0 Å². The van der Waals surface area contributed by atoms with Crippen molar-refractivity contribution in [3.05, 3.63) is 89.6 Å². The van der Waals surface area contributed by atoms with E-state index >= 15 is 0 Å². The van der Waals surface area contributed by atoms with Crippen molar-refractivity contribution in [2.45, 2.75) is 19.9 Å². The molecule has 0 spiro atoms. The number of hydrogen-bond donors (Lipinski definition) is 0. The summed E-state index contributed by atoms with van der Waals surface area (Å²) in [6, 6.07) is 16.5. The number of hydrogen-bond acceptors (Lipinski definition) is 4. The first-order valence-electron chi connectivity index (χ1n) is 11.1. The number of amides is 3. The number of furan rings is 1. The molecule has 0 atom stereocenters. The van der Waals surface area contributed by atoms with Gasteiger partial charge in [0.1, 0.15) is 5.82 Å². The second kappa shape index (κ2) is 10.3. The molecule has 176 valence electrons. The monoisotopic (exact) mass is 463 g/mol. The summed E-state index contributed by atoms with van der Waals surface area (Å²) in [5.74, 6) is -0.431. The summed E-state index contributed by atoms with van der Waals surface area (Å²) in [6.45, 7) is 3.92. The van der Waals surface area contributed by atoms with E-state index in [9.17, 15) is 18.8 Å². The molecule has 0 aliphatic carbocycles. The zero-order chi connectivity index (χ0) is 24.1. The lowest BCUT2D eigenvalue weighted by atomic mass is 10.1. The van der Waals surface area contributed by atoms with Crippen molar-refractivity contribution in [1.82, 2.24) is 9.80 Å². The summed E-state index contributed by atoms with van der Waals surface area (Å²) in [6.07, 6.45) is 1.68. The molecule has 1 aliphatic rings. The van der Waals surface area contributed by atoms with E-state index < -0.39 is 0 Å². The molecule has 4 rings (SSSR count). The van der Waals surface area contributed by atoms with Gasteiger partial charge >= 0.3 is 0 Å². The third-order valence-electron chi connectivity index (χ3n) is 5.91. The third-order valence-corrected chi connectivity index (χ3v) is 5.91. The molecule has 8 heteroatoms. The van der Waals surface area contributed by atoms with Gasteiger partial charge in [0.15, 0.2) is 5.76 Å². The SMILES string of the molecule is CC(=O)N1CCN(C(=O)Cc2ccc(N(Cc3ccc(F)cc3)C(=O)c3ccco3)cc2)CC1. The summed E-state index contributed by atoms with van der Waals surface area (Å²) >= 11 is 0. The zero-order valence-corrected chi connectivity index (χ0v) is 18.9. The summed E-state index contributed by atoms with van der Waals surface area (Å²) in [5.41, 5.74) is 2.23. The average molecular weight is 464 g/mol. The van der Waals surface area contributed by atoms with Crippen molar-refractivity contribution >= 4 is 23.4 Å². The normalized spacial score (nSPS) is 13.6. The Morgan fingerprint density at radius 3 is 2.09 bits per heavy atom. The molecule has 0 radical (unpaired) electrons. The Morgan fingerprint density at radius 2 is 1.50 bits per heavy atom. The number of carbonyl (C=O) groups excluding carboxylic acids is 3. The molecule has 0 saturated carbocycles. The first-order valence-corrected chi connectivity index (χ1v) is 11.1. The highest BCUT2D eigenvalue weighted by molar-refractivity contribution is 6.04. The lowest BCUT2D eigenvalue weighted by Gasteiger charge is -2.34. The Morgan fingerprint density at radius 1 is 0.882 bits per heavy atom. The van der Waals surface area contributed by atoms with E-state index in [0.717, 1.165) is 11.1 Å². The van der Waals surface area contributed by atoms with Gasteiger partial charge in [0, 0.05) is 38.8 Å². The van der Waals surface area contributed by atoms with E-state index in [1.165, 1.54) is 25.3 Å². The first-order chi connectivity index (χ1) is 16.4. The predicted molar refractivity (Wildman–Crippen MR) is 125 cm³/mol. The first kappa shape index (κ1) is 23.2. The van der Waals surface area contributed by atoms with Gasteiger partial charge in [-0.05, 0) is 47.5 Å². The van der Waals surface area contributed by atoms with Crippen LogP contribution < -0.4 is 4.90 Å². The van der Waals surface area contributed by atoms with E-state index in [1.807, 2.05) is 12.1 Å². The van der Waals surface area contributed by atoms with E-state index in [-0.39, 0.29) is 42.3 Å². The molecule has 0 unspecified atom stereocenters. The molecule has 1 saturated heterocycles. The van der Waals surface area contributed by atoms with Crippen LogP contribution in [0.4, 0.5) is 10.1 Å². The molecular formula is C26H26FN3O4. The summed E-state index contributed by atoms with van der Waals surface area (Å²) in [4.78, 5) is 42.3. The van der Waals surface area contributed by atoms with E-state index in [1.54, 1.807) is 51.1 Å². The quantitative estimate of drug-likeness (QED) is 0.561. The molecule has 3 amide bonds. The number of rotatable bonds is 6. The Hall–Kier alpha value is -3.94. The Labute approximate surface area is 197 Å². The topological polar surface area (TPSA) is 74.1 Å². The molecule has 1 aliphatic heterocycles. The van der Waals surface area contributed by atoms with Crippen LogP contribution in [0.3, 0.4) is 0 Å². The highest BCUT2D eigenvalue weighted by atomic mass is 19.1. The summed E-state index contributed by atoms with van der Waals surface area (Å²) in [7, 11) is 0. The van der Waals surface area contributed by atoms with Crippen LogP contribution in [-0.4, -0.2) is 53.7 Å². The maximum absolute atomic E-state index is 13.3. The van der Waals surface area contributed by atoms with Crippen LogP contribution in [0.5, 0.6) is 0 Å². The minimum Gasteiger partial charge on any atom is -0.459 e. The molecule has 1 aromatic heterocycles. The molecule has 0 N–H and O–H groups in total. The second-order valence-corrected chi connectivity index (χ2v) is 8.23. The molecule has 2 heterocycles. The number of benzene rings is 2. The molecule has 7 nitrogen and oxygen atoms in total. The van der Waals surface area contributed by atoms with Crippen molar-refractivity contribution in [2.75, 3.05) is 31.1 Å². The molecule has 0 bridgehead atoms. The molecule has 3 aromatic rings. The molecular weight excluding hydrogens is 437 g/mol. The van der Waals surface area contributed by atoms with Crippen LogP contribution in [0.1, 0.15) is 28.6 Å². The summed E-state index contributed by atoms with van der Waals surface area (Å²) in [5, 5.41) is 0. The smallest absolute Gasteiger partial charge is 0.294 e. The van der Waals surface area contributed by atoms with Crippen LogP contribution in [0.2, 0.25) is 0 Å². The number of halogens is 1. The fourth-order valence-electron chi connectivity index (χ4n) is 3.94. The van der Waals surface area contributed by atoms with E-state index in [0.29, 0.717) is 31.9 Å². The zero-order valence-electron chi connectivity index (χ0n) is 18.9. The lowest BCUT2D eigenvalue weighted by molar-refractivity contribution is -0.138. The van der Waals surface area contributed by atoms with Gasteiger partial charge in [-0.2, -0.15) is 0 Å². The molecule has 1 fully saturated rings. The Bertz CT molecular complexity index is 1140. The van der Waals surface area contributed by atoms with Crippen LogP contribution in [-0.2, 0) is 22.6 Å². The van der Waals surface area contributed by atoms with Crippen molar-refractivity contribution in [1.29, 1.82) is 0 Å². The van der Waals surface area contributed by atoms with Crippen molar-refractivity contribution in [3.8, 4) is 0 Å². The number of carbonyl (C=O) groups is 3. The van der Waals surface area contributed by atoms with E-state index in [2.05, 4.69) is 0 Å². The van der Waals surface area contributed by atoms with E-state index in [4.69, 9.17) is 4.42 Å². The average Bonchev–Trinajstić information content (AvgIpc) is 3.39. The number of anilines is 1. The van der Waals surface area contributed by atoms with Crippen LogP contribution in [0, 0.1) is 5.82 Å². The van der Waals surface area contributed by atoms with Gasteiger partial charge in [-0.1, -0.05) is 24.3 Å². The second-order valence-electron chi connectivity index (χ2n) is 8.23. The van der Waals surface area contributed by atoms with Gasteiger partial charge in [0.25, 0.3) is 5.91 Å². The van der Waals surface area contributed by atoms with Crippen molar-refractivity contribution < 1.29 is 23.2 Å². The fourth-order valence-corrected chi connectivity index (χ4v) is 3.94. The highest BCUT2D eigenvalue weighted by Gasteiger charge is 2.23. The summed E-state index contributed by atoms with van der Waals surface area (Å²) < 4.78 is 18.6. The van der Waals surface area contributed by atoms with Gasteiger partial charge in [-0.25, -0.2) is 4.39 Å². The van der Waals surface area contributed by atoms with Crippen LogP contribution >= 0.6 is 0 Å². The molecule has 2 aromatic carbocycles. The van der Waals surface area contributed by atoms with Crippen molar-refractivity contribution in [3.63, 3.8) is 0 Å². The maximum atomic E-state index is 13.3. The van der Waals surface area contributed by atoms with Gasteiger partial charge in [0.05, 0.1) is 19.2 Å². The number of piperazine rings is 1. The minimum atomic E-state index is -0.343. The van der Waals surface area contributed by atoms with Gasteiger partial charge in [0.2, 0.25) is 11.8 Å². The Kier molecular flexibility index (Phi) is 7.06. The van der Waals surface area contributed by atoms with Crippen LogP contribution in [0.25, 0.3) is 0 Å². The third kappa shape index (κ3) is 5.51. The largest absolute Gasteiger partial charge is 0.459 e. The lowest BCUT2D eigenvalue weighted by Crippen LogP contribution is -2.50. The van der Waals surface area contributed by atoms with Crippen LogP contribution in [0.15, 0.2) is 71.3 Å². The number of nitrogens with zero attached hydrogens (tertiary/aromatic N) is 3. The predicted octanol–water partition coefficient (Wildman–Crippen LogP) is 3.50. The fraction of sp³-hybridized carbons (Fsp3) is 0.269.